The van der Waals surface area contributed by atoms with Crippen LogP contribution in [0.15, 0.2) is 279 Å². The third-order valence-electron chi connectivity index (χ3n) is 14.7. The maximum absolute atomic E-state index is 2.42. The number of aromatic nitrogens is 2. The Kier molecular flexibility index (Phi) is 9.89. The fourth-order valence-electron chi connectivity index (χ4n) is 11.1. The lowest BCUT2D eigenvalue weighted by atomic mass is 9.97. The van der Waals surface area contributed by atoms with Crippen molar-refractivity contribution in [3.63, 3.8) is 0 Å². The van der Waals surface area contributed by atoms with E-state index in [0.29, 0.717) is 0 Å². The van der Waals surface area contributed by atoms with Crippen LogP contribution in [0.3, 0.4) is 0 Å². The highest BCUT2D eigenvalue weighted by Gasteiger charge is 2.17. The molecule has 0 saturated carbocycles. The topological polar surface area (TPSA) is 9.86 Å². The van der Waals surface area contributed by atoms with E-state index in [1.54, 1.807) is 0 Å². The third-order valence-corrected chi connectivity index (χ3v) is 14.7. The highest BCUT2D eigenvalue weighted by molar-refractivity contribution is 6.13. The van der Waals surface area contributed by atoms with Crippen LogP contribution in [0.5, 0.6) is 0 Å². The Balaban J connectivity index is 0.774. The monoisotopic (exact) mass is 914 g/mol. The molecule has 0 N–H and O–H groups in total. The minimum Gasteiger partial charge on any atom is -0.309 e. The number of benzene rings is 12. The molecule has 0 amide bonds. The molecule has 72 heavy (non-hydrogen) atoms. The van der Waals surface area contributed by atoms with E-state index in [1.807, 2.05) is 0 Å². The van der Waals surface area contributed by atoms with E-state index in [0.717, 1.165) is 11.4 Å². The Morgan fingerprint density at radius 2 is 0.389 bits per heavy atom. The molecular formula is C70H46N2. The van der Waals surface area contributed by atoms with E-state index in [4.69, 9.17) is 0 Å². The zero-order chi connectivity index (χ0) is 47.5. The maximum atomic E-state index is 2.42. The van der Waals surface area contributed by atoms with Gasteiger partial charge in [-0.2, -0.15) is 0 Å². The van der Waals surface area contributed by atoms with Crippen LogP contribution in [0.25, 0.3) is 133 Å². The summed E-state index contributed by atoms with van der Waals surface area (Å²) in [6.07, 6.45) is 0. The van der Waals surface area contributed by atoms with E-state index in [-0.39, 0.29) is 0 Å². The van der Waals surface area contributed by atoms with E-state index >= 15 is 0 Å². The summed E-state index contributed by atoms with van der Waals surface area (Å²) in [5.41, 5.74) is 21.6. The van der Waals surface area contributed by atoms with Crippen LogP contribution in [0, 0.1) is 0 Å². The standard InChI is InChI=1S/C70H46N2/c1-5-13-47(14-6-1)57-29-37-67-63(43-57)64-44-58(48-15-7-2-8-16-48)30-38-68(64)71(67)61-33-25-51(26-34-61)53-21-23-56-42-54(22-24-55(56)41-53)52-27-35-62(36-28-52)72-69-39-31-59(49-17-9-3-10-18-49)45-65(69)66-46-60(32-40-70(66)72)50-19-11-4-12-20-50/h1-46H. The highest BCUT2D eigenvalue weighted by atomic mass is 15.0. The van der Waals surface area contributed by atoms with Crippen molar-refractivity contribution in [3.8, 4) is 78.1 Å². The second-order valence-corrected chi connectivity index (χ2v) is 18.9. The second kappa shape index (κ2) is 17.2. The van der Waals surface area contributed by atoms with Crippen LogP contribution in [-0.2, 0) is 0 Å². The molecule has 0 unspecified atom stereocenters. The lowest BCUT2D eigenvalue weighted by molar-refractivity contribution is 1.18. The van der Waals surface area contributed by atoms with Crippen molar-refractivity contribution in [3.05, 3.63) is 279 Å². The van der Waals surface area contributed by atoms with Crippen LogP contribution in [0.2, 0.25) is 0 Å². The second-order valence-electron chi connectivity index (χ2n) is 18.9. The molecule has 0 radical (unpaired) electrons. The molecule has 2 heterocycles. The van der Waals surface area contributed by atoms with Gasteiger partial charge in [-0.15, -0.1) is 0 Å². The Hall–Kier alpha value is -9.50. The Labute approximate surface area is 418 Å². The number of hydrogen-bond acceptors (Lipinski definition) is 0. The molecule has 0 saturated heterocycles. The van der Waals surface area contributed by atoms with Crippen LogP contribution >= 0.6 is 0 Å². The van der Waals surface area contributed by atoms with Gasteiger partial charge in [0, 0.05) is 32.9 Å². The molecule has 0 atom stereocenters. The van der Waals surface area contributed by atoms with E-state index in [1.165, 1.54) is 121 Å². The molecule has 2 aromatic heterocycles. The fourth-order valence-corrected chi connectivity index (χ4v) is 11.1. The minimum atomic E-state index is 1.14. The average molecular weight is 915 g/mol. The maximum Gasteiger partial charge on any atom is 0.0541 e. The van der Waals surface area contributed by atoms with Gasteiger partial charge in [-0.05, 0) is 162 Å². The predicted molar refractivity (Wildman–Crippen MR) is 305 cm³/mol. The van der Waals surface area contributed by atoms with Gasteiger partial charge in [0.2, 0.25) is 0 Å². The minimum absolute atomic E-state index is 1.14. The Morgan fingerprint density at radius 3 is 0.667 bits per heavy atom. The van der Waals surface area contributed by atoms with Gasteiger partial charge < -0.3 is 9.13 Å². The quantitative estimate of drug-likeness (QED) is 0.144. The summed E-state index contributed by atoms with van der Waals surface area (Å²) in [4.78, 5) is 0. The summed E-state index contributed by atoms with van der Waals surface area (Å²) in [5, 5.41) is 7.43. The molecule has 0 aliphatic rings. The van der Waals surface area contributed by atoms with E-state index in [2.05, 4.69) is 288 Å². The number of nitrogens with zero attached hydrogens (tertiary/aromatic N) is 2. The molecule has 0 bridgehead atoms. The van der Waals surface area contributed by atoms with Gasteiger partial charge in [-0.25, -0.2) is 0 Å². The molecule has 0 aliphatic heterocycles. The molecule has 12 aromatic carbocycles. The van der Waals surface area contributed by atoms with Crippen molar-refractivity contribution in [2.75, 3.05) is 0 Å². The van der Waals surface area contributed by atoms with Gasteiger partial charge in [0.25, 0.3) is 0 Å². The first-order chi connectivity index (χ1) is 35.7. The summed E-state index contributed by atoms with van der Waals surface area (Å²) in [6, 6.07) is 102. The Bertz CT molecular complexity index is 3840. The molecule has 336 valence electrons. The number of rotatable bonds is 8. The zero-order valence-corrected chi connectivity index (χ0v) is 39.5. The van der Waals surface area contributed by atoms with Gasteiger partial charge in [0.05, 0.1) is 22.1 Å². The molecule has 2 heteroatoms. The van der Waals surface area contributed by atoms with Crippen LogP contribution in [0.4, 0.5) is 0 Å². The first-order valence-corrected chi connectivity index (χ1v) is 24.8. The lowest BCUT2D eigenvalue weighted by Gasteiger charge is -2.12. The highest BCUT2D eigenvalue weighted by Crippen LogP contribution is 2.40. The van der Waals surface area contributed by atoms with Crippen LogP contribution in [-0.4, -0.2) is 9.13 Å². The molecule has 0 aliphatic carbocycles. The smallest absolute Gasteiger partial charge is 0.0541 e. The van der Waals surface area contributed by atoms with Crippen molar-refractivity contribution in [2.24, 2.45) is 0 Å². The summed E-state index contributed by atoms with van der Waals surface area (Å²) in [7, 11) is 0. The van der Waals surface area contributed by atoms with Crippen molar-refractivity contribution in [1.82, 2.24) is 9.13 Å². The van der Waals surface area contributed by atoms with Gasteiger partial charge in [0.1, 0.15) is 0 Å². The first-order valence-electron chi connectivity index (χ1n) is 24.8. The average Bonchev–Trinajstić information content (AvgIpc) is 3.97. The molecule has 14 rings (SSSR count). The normalized spacial score (nSPS) is 11.6. The summed E-state index contributed by atoms with van der Waals surface area (Å²) >= 11 is 0. The van der Waals surface area contributed by atoms with Crippen molar-refractivity contribution >= 4 is 54.4 Å². The largest absolute Gasteiger partial charge is 0.309 e. The van der Waals surface area contributed by atoms with Crippen molar-refractivity contribution in [1.29, 1.82) is 0 Å². The lowest BCUT2D eigenvalue weighted by Crippen LogP contribution is -1.94. The van der Waals surface area contributed by atoms with Crippen molar-refractivity contribution in [2.45, 2.75) is 0 Å². The van der Waals surface area contributed by atoms with E-state index in [9.17, 15) is 0 Å². The number of hydrogen-bond donors (Lipinski definition) is 0. The molecule has 2 nitrogen and oxygen atoms in total. The molecular weight excluding hydrogens is 869 g/mol. The Morgan fingerprint density at radius 1 is 0.167 bits per heavy atom. The van der Waals surface area contributed by atoms with Crippen molar-refractivity contribution < 1.29 is 0 Å². The molecule has 0 spiro atoms. The molecule has 14 aromatic rings. The van der Waals surface area contributed by atoms with Crippen LogP contribution < -0.4 is 0 Å². The number of fused-ring (bicyclic) bond motifs is 7. The summed E-state index contributed by atoms with van der Waals surface area (Å²) in [5.74, 6) is 0. The first kappa shape index (κ1) is 41.5. The van der Waals surface area contributed by atoms with Crippen LogP contribution in [0.1, 0.15) is 0 Å². The van der Waals surface area contributed by atoms with Gasteiger partial charge in [-0.3, -0.25) is 0 Å². The third kappa shape index (κ3) is 7.20. The fraction of sp³-hybridized carbons (Fsp3) is 0. The summed E-state index contributed by atoms with van der Waals surface area (Å²) in [6.45, 7) is 0. The summed E-state index contributed by atoms with van der Waals surface area (Å²) < 4.78 is 4.83. The SMILES string of the molecule is c1ccc(-c2ccc3c(c2)c2cc(-c4ccccc4)ccc2n3-c2ccc(-c3ccc4cc(-c5ccc(-n6c7ccc(-c8ccccc8)cc7c7cc(-c8ccccc8)ccc76)cc5)ccc4c3)cc2)cc1. The molecule has 0 fully saturated rings. The zero-order valence-electron chi connectivity index (χ0n) is 39.5. The van der Waals surface area contributed by atoms with Gasteiger partial charge >= 0.3 is 0 Å². The van der Waals surface area contributed by atoms with E-state index < -0.39 is 0 Å². The van der Waals surface area contributed by atoms with Gasteiger partial charge in [0.15, 0.2) is 0 Å². The predicted octanol–water partition coefficient (Wildman–Crippen LogP) is 19.0. The van der Waals surface area contributed by atoms with Gasteiger partial charge in [-0.1, -0.05) is 194 Å².